The highest BCUT2D eigenvalue weighted by Gasteiger charge is 2.14. The fraction of sp³-hybridized carbons (Fsp3) is 0.0769. The Morgan fingerprint density at radius 1 is 1.00 bits per heavy atom. The standard InChI is InChI=1S/C13H11ClFN/c14-11-8-4-7-10(12(11)15)13(16)9-5-2-1-3-6-9/h1-8,13H,16H2. The summed E-state index contributed by atoms with van der Waals surface area (Å²) in [6.45, 7) is 0. The molecule has 0 heterocycles. The van der Waals surface area contributed by atoms with Crippen LogP contribution < -0.4 is 5.73 Å². The maximum absolute atomic E-state index is 13.7. The molecule has 0 aliphatic heterocycles. The van der Waals surface area contributed by atoms with Crippen molar-refractivity contribution >= 4 is 11.6 Å². The lowest BCUT2D eigenvalue weighted by atomic mass is 9.99. The smallest absolute Gasteiger partial charge is 0.146 e. The van der Waals surface area contributed by atoms with Crippen molar-refractivity contribution in [3.63, 3.8) is 0 Å². The van der Waals surface area contributed by atoms with Crippen molar-refractivity contribution < 1.29 is 4.39 Å². The van der Waals surface area contributed by atoms with Gasteiger partial charge in [-0.25, -0.2) is 4.39 Å². The van der Waals surface area contributed by atoms with Gasteiger partial charge in [0.2, 0.25) is 0 Å². The highest BCUT2D eigenvalue weighted by Crippen LogP contribution is 2.26. The first-order chi connectivity index (χ1) is 7.70. The molecule has 1 nitrogen and oxygen atoms in total. The summed E-state index contributed by atoms with van der Waals surface area (Å²) in [5.41, 5.74) is 7.27. The molecule has 0 radical (unpaired) electrons. The molecule has 1 unspecified atom stereocenters. The minimum atomic E-state index is -0.486. The molecule has 0 saturated carbocycles. The van der Waals surface area contributed by atoms with E-state index < -0.39 is 11.9 Å². The van der Waals surface area contributed by atoms with Gasteiger partial charge in [0.05, 0.1) is 11.1 Å². The molecule has 2 rings (SSSR count). The lowest BCUT2D eigenvalue weighted by Gasteiger charge is -2.13. The number of hydrogen-bond donors (Lipinski definition) is 1. The monoisotopic (exact) mass is 235 g/mol. The van der Waals surface area contributed by atoms with Crippen LogP contribution in [0.4, 0.5) is 4.39 Å². The molecule has 16 heavy (non-hydrogen) atoms. The first kappa shape index (κ1) is 11.1. The number of halogens is 2. The third-order valence-electron chi connectivity index (χ3n) is 2.48. The van der Waals surface area contributed by atoms with E-state index in [2.05, 4.69) is 0 Å². The topological polar surface area (TPSA) is 26.0 Å². The van der Waals surface area contributed by atoms with Gasteiger partial charge in [0.25, 0.3) is 0 Å². The maximum Gasteiger partial charge on any atom is 0.146 e. The maximum atomic E-state index is 13.7. The van der Waals surface area contributed by atoms with Crippen molar-refractivity contribution in [2.75, 3.05) is 0 Å². The van der Waals surface area contributed by atoms with E-state index in [1.54, 1.807) is 12.1 Å². The van der Waals surface area contributed by atoms with Crippen molar-refractivity contribution in [3.8, 4) is 0 Å². The van der Waals surface area contributed by atoms with E-state index in [1.807, 2.05) is 30.3 Å². The van der Waals surface area contributed by atoms with Crippen LogP contribution in [0.2, 0.25) is 5.02 Å². The van der Waals surface area contributed by atoms with Gasteiger partial charge in [0.15, 0.2) is 0 Å². The van der Waals surface area contributed by atoms with Crippen molar-refractivity contribution in [2.24, 2.45) is 5.73 Å². The molecule has 0 bridgehead atoms. The van der Waals surface area contributed by atoms with E-state index in [4.69, 9.17) is 17.3 Å². The molecule has 0 aromatic heterocycles. The van der Waals surface area contributed by atoms with E-state index in [1.165, 1.54) is 6.07 Å². The highest BCUT2D eigenvalue weighted by atomic mass is 35.5. The zero-order valence-corrected chi connectivity index (χ0v) is 9.29. The Morgan fingerprint density at radius 3 is 2.38 bits per heavy atom. The Kier molecular flexibility index (Phi) is 3.22. The summed E-state index contributed by atoms with van der Waals surface area (Å²) in [5, 5.41) is 0.101. The largest absolute Gasteiger partial charge is 0.320 e. The van der Waals surface area contributed by atoms with Crippen LogP contribution in [0, 0.1) is 5.82 Å². The third kappa shape index (κ3) is 2.08. The van der Waals surface area contributed by atoms with Crippen LogP contribution >= 0.6 is 11.6 Å². The molecule has 2 N–H and O–H groups in total. The summed E-state index contributed by atoms with van der Waals surface area (Å²) < 4.78 is 13.7. The fourth-order valence-corrected chi connectivity index (χ4v) is 1.78. The van der Waals surface area contributed by atoms with Gasteiger partial charge in [-0.3, -0.25) is 0 Å². The van der Waals surface area contributed by atoms with Crippen LogP contribution in [0.25, 0.3) is 0 Å². The SMILES string of the molecule is NC(c1ccccc1)c1cccc(Cl)c1F. The van der Waals surface area contributed by atoms with Gasteiger partial charge < -0.3 is 5.73 Å². The second-order valence-electron chi connectivity index (χ2n) is 3.53. The van der Waals surface area contributed by atoms with Crippen molar-refractivity contribution in [1.29, 1.82) is 0 Å². The lowest BCUT2D eigenvalue weighted by molar-refractivity contribution is 0.600. The van der Waals surface area contributed by atoms with Crippen LogP contribution in [0.15, 0.2) is 48.5 Å². The highest BCUT2D eigenvalue weighted by molar-refractivity contribution is 6.30. The molecule has 2 aromatic carbocycles. The van der Waals surface area contributed by atoms with Gasteiger partial charge in [-0.1, -0.05) is 54.1 Å². The van der Waals surface area contributed by atoms with E-state index in [9.17, 15) is 4.39 Å². The van der Waals surface area contributed by atoms with Gasteiger partial charge in [-0.2, -0.15) is 0 Å². The average molecular weight is 236 g/mol. The molecule has 0 aliphatic rings. The number of hydrogen-bond acceptors (Lipinski definition) is 1. The zero-order valence-electron chi connectivity index (χ0n) is 8.53. The summed E-state index contributed by atoms with van der Waals surface area (Å²) in [4.78, 5) is 0. The lowest BCUT2D eigenvalue weighted by Crippen LogP contribution is -2.13. The van der Waals surface area contributed by atoms with E-state index >= 15 is 0 Å². The van der Waals surface area contributed by atoms with Gasteiger partial charge in [0, 0.05) is 5.56 Å². The molecular weight excluding hydrogens is 225 g/mol. The fourth-order valence-electron chi connectivity index (χ4n) is 1.60. The third-order valence-corrected chi connectivity index (χ3v) is 2.77. The molecular formula is C13H11ClFN. The van der Waals surface area contributed by atoms with Crippen LogP contribution in [-0.4, -0.2) is 0 Å². The summed E-state index contributed by atoms with van der Waals surface area (Å²) in [6, 6.07) is 13.7. The predicted molar refractivity (Wildman–Crippen MR) is 63.9 cm³/mol. The van der Waals surface area contributed by atoms with Crippen LogP contribution in [0.5, 0.6) is 0 Å². The molecule has 3 heteroatoms. The van der Waals surface area contributed by atoms with Gasteiger partial charge in [-0.05, 0) is 11.6 Å². The Hall–Kier alpha value is -1.38. The first-order valence-corrected chi connectivity index (χ1v) is 5.32. The summed E-state index contributed by atoms with van der Waals surface area (Å²) in [5.74, 6) is -0.444. The summed E-state index contributed by atoms with van der Waals surface area (Å²) >= 11 is 5.71. The Balaban J connectivity index is 2.42. The van der Waals surface area contributed by atoms with Gasteiger partial charge in [-0.15, -0.1) is 0 Å². The minimum absolute atomic E-state index is 0.101. The molecule has 0 amide bonds. The first-order valence-electron chi connectivity index (χ1n) is 4.94. The van der Waals surface area contributed by atoms with E-state index in [-0.39, 0.29) is 5.02 Å². The molecule has 82 valence electrons. The normalized spacial score (nSPS) is 12.4. The molecule has 2 aromatic rings. The van der Waals surface area contributed by atoms with E-state index in [0.29, 0.717) is 5.56 Å². The Morgan fingerprint density at radius 2 is 1.69 bits per heavy atom. The van der Waals surface area contributed by atoms with Crippen molar-refractivity contribution in [2.45, 2.75) is 6.04 Å². The van der Waals surface area contributed by atoms with Crippen LogP contribution in [0.1, 0.15) is 17.2 Å². The van der Waals surface area contributed by atoms with Crippen LogP contribution in [-0.2, 0) is 0 Å². The minimum Gasteiger partial charge on any atom is -0.320 e. The van der Waals surface area contributed by atoms with E-state index in [0.717, 1.165) is 5.56 Å². The molecule has 1 atom stereocenters. The Labute approximate surface area is 98.7 Å². The van der Waals surface area contributed by atoms with Gasteiger partial charge >= 0.3 is 0 Å². The Bertz CT molecular complexity index is 485. The molecule has 0 spiro atoms. The predicted octanol–water partition coefficient (Wildman–Crippen LogP) is 3.53. The number of benzene rings is 2. The zero-order chi connectivity index (χ0) is 11.5. The molecule has 0 fully saturated rings. The summed E-state index contributed by atoms with van der Waals surface area (Å²) in [7, 11) is 0. The van der Waals surface area contributed by atoms with Crippen molar-refractivity contribution in [3.05, 3.63) is 70.5 Å². The molecule has 0 aliphatic carbocycles. The second-order valence-corrected chi connectivity index (χ2v) is 3.94. The quantitative estimate of drug-likeness (QED) is 0.847. The molecule has 0 saturated heterocycles. The average Bonchev–Trinajstić information content (AvgIpc) is 2.33. The van der Waals surface area contributed by atoms with Crippen LogP contribution in [0.3, 0.4) is 0 Å². The second kappa shape index (κ2) is 4.64. The van der Waals surface area contributed by atoms with Gasteiger partial charge in [0.1, 0.15) is 5.82 Å². The summed E-state index contributed by atoms with van der Waals surface area (Å²) in [6.07, 6.45) is 0. The van der Waals surface area contributed by atoms with Crippen molar-refractivity contribution in [1.82, 2.24) is 0 Å². The number of nitrogens with two attached hydrogens (primary N) is 1. The number of rotatable bonds is 2.